The number of carbonyl (C=O) groups is 1. The Morgan fingerprint density at radius 2 is 1.73 bits per heavy atom. The summed E-state index contributed by atoms with van der Waals surface area (Å²) in [6.07, 6.45) is -0.803. The van der Waals surface area contributed by atoms with Crippen LogP contribution in [0.5, 0.6) is 5.75 Å². The molecule has 10 heteroatoms. The molecule has 2 aromatic rings. The number of rotatable bonds is 5. The monoisotopic (exact) mass is 467 g/mol. The number of halogens is 2. The minimum atomic E-state index is -3.69. The highest BCUT2D eigenvalue weighted by atomic mass is 35.5. The molecule has 1 aliphatic heterocycles. The van der Waals surface area contributed by atoms with Crippen molar-refractivity contribution >= 4 is 39.1 Å². The Hall–Kier alpha value is -2.31. The van der Waals surface area contributed by atoms with Crippen molar-refractivity contribution < 1.29 is 17.9 Å². The first kappa shape index (κ1) is 22.4. The van der Waals surface area contributed by atoms with Crippen LogP contribution in [0.25, 0.3) is 0 Å². The molecule has 2 aromatic carbocycles. The van der Waals surface area contributed by atoms with Gasteiger partial charge in [0.2, 0.25) is 10.0 Å². The largest absolute Gasteiger partial charge is 0.479 e. The fourth-order valence-corrected chi connectivity index (χ4v) is 4.83. The number of hydrogen-bond acceptors (Lipinski definition) is 5. The average Bonchev–Trinajstić information content (AvgIpc) is 2.76. The SMILES string of the molecule is CC(Oc1cccc(Cl)c1Cl)C(=O)N1CCN(S(=O)(=O)c2ccc(C#N)cc2)CC1. The molecule has 30 heavy (non-hydrogen) atoms. The topological polar surface area (TPSA) is 90.7 Å². The van der Waals surface area contributed by atoms with Gasteiger partial charge in [-0.05, 0) is 43.3 Å². The first-order valence-corrected chi connectivity index (χ1v) is 11.3. The van der Waals surface area contributed by atoms with Crippen molar-refractivity contribution in [3.63, 3.8) is 0 Å². The Morgan fingerprint density at radius 1 is 1.10 bits per heavy atom. The van der Waals surface area contributed by atoms with E-state index in [0.29, 0.717) is 16.3 Å². The zero-order valence-electron chi connectivity index (χ0n) is 16.1. The molecule has 0 aliphatic carbocycles. The van der Waals surface area contributed by atoms with Gasteiger partial charge in [-0.3, -0.25) is 4.79 Å². The van der Waals surface area contributed by atoms with Gasteiger partial charge in [0, 0.05) is 26.2 Å². The average molecular weight is 468 g/mol. The Kier molecular flexibility index (Phi) is 6.88. The summed E-state index contributed by atoms with van der Waals surface area (Å²) in [4.78, 5) is 14.4. The number of benzene rings is 2. The predicted octanol–water partition coefficient (Wildman–Crippen LogP) is 3.17. The van der Waals surface area contributed by atoms with Gasteiger partial charge in [-0.25, -0.2) is 8.42 Å². The minimum absolute atomic E-state index is 0.119. The van der Waals surface area contributed by atoms with Crippen LogP contribution >= 0.6 is 23.2 Å². The zero-order valence-corrected chi connectivity index (χ0v) is 18.4. The number of nitrogens with zero attached hydrogens (tertiary/aromatic N) is 3. The molecular weight excluding hydrogens is 449 g/mol. The van der Waals surface area contributed by atoms with E-state index in [1.165, 1.54) is 28.6 Å². The molecule has 1 aliphatic rings. The van der Waals surface area contributed by atoms with Gasteiger partial charge in [-0.15, -0.1) is 0 Å². The van der Waals surface area contributed by atoms with Crippen LogP contribution in [0.2, 0.25) is 10.0 Å². The molecule has 1 heterocycles. The lowest BCUT2D eigenvalue weighted by Gasteiger charge is -2.35. The highest BCUT2D eigenvalue weighted by Gasteiger charge is 2.32. The Bertz CT molecular complexity index is 1080. The Morgan fingerprint density at radius 3 is 2.33 bits per heavy atom. The maximum absolute atomic E-state index is 12.8. The van der Waals surface area contributed by atoms with Crippen LogP contribution in [0.15, 0.2) is 47.4 Å². The molecule has 7 nitrogen and oxygen atoms in total. The summed E-state index contributed by atoms with van der Waals surface area (Å²) in [5.41, 5.74) is 0.387. The highest BCUT2D eigenvalue weighted by Crippen LogP contribution is 2.32. The van der Waals surface area contributed by atoms with Gasteiger partial charge in [0.25, 0.3) is 5.91 Å². The van der Waals surface area contributed by atoms with E-state index < -0.39 is 16.1 Å². The molecule has 3 rings (SSSR count). The summed E-state index contributed by atoms with van der Waals surface area (Å²) in [5, 5.41) is 9.42. The summed E-state index contributed by atoms with van der Waals surface area (Å²) >= 11 is 12.1. The molecule has 0 bridgehead atoms. The van der Waals surface area contributed by atoms with Gasteiger partial charge in [0.05, 0.1) is 21.6 Å². The van der Waals surface area contributed by atoms with Crippen LogP contribution in [0.1, 0.15) is 12.5 Å². The summed E-state index contributed by atoms with van der Waals surface area (Å²) in [5.74, 6) is 0.0495. The smallest absolute Gasteiger partial charge is 0.263 e. The summed E-state index contributed by atoms with van der Waals surface area (Å²) in [7, 11) is -3.69. The van der Waals surface area contributed by atoms with Crippen molar-refractivity contribution in [3.8, 4) is 11.8 Å². The third-order valence-corrected chi connectivity index (χ3v) is 7.45. The molecule has 0 aromatic heterocycles. The van der Waals surface area contributed by atoms with E-state index in [1.807, 2.05) is 6.07 Å². The lowest BCUT2D eigenvalue weighted by molar-refractivity contribution is -0.139. The van der Waals surface area contributed by atoms with Crippen LogP contribution in [-0.4, -0.2) is 55.8 Å². The predicted molar refractivity (Wildman–Crippen MR) is 113 cm³/mol. The fourth-order valence-electron chi connectivity index (χ4n) is 3.07. The number of amides is 1. The first-order valence-electron chi connectivity index (χ1n) is 9.14. The second-order valence-corrected chi connectivity index (χ2v) is 9.40. The lowest BCUT2D eigenvalue weighted by atomic mass is 10.2. The van der Waals surface area contributed by atoms with Crippen molar-refractivity contribution in [2.24, 2.45) is 0 Å². The Labute approximate surface area is 185 Å². The van der Waals surface area contributed by atoms with Gasteiger partial charge in [-0.2, -0.15) is 9.57 Å². The van der Waals surface area contributed by atoms with Crippen LogP contribution < -0.4 is 4.74 Å². The van der Waals surface area contributed by atoms with Crippen LogP contribution in [0.3, 0.4) is 0 Å². The van der Waals surface area contributed by atoms with Crippen molar-refractivity contribution in [2.45, 2.75) is 17.9 Å². The lowest BCUT2D eigenvalue weighted by Crippen LogP contribution is -2.53. The van der Waals surface area contributed by atoms with Gasteiger partial charge >= 0.3 is 0 Å². The fraction of sp³-hybridized carbons (Fsp3) is 0.300. The van der Waals surface area contributed by atoms with Crippen LogP contribution in [0.4, 0.5) is 0 Å². The standard InChI is InChI=1S/C20H19Cl2N3O4S/c1-14(29-18-4-2-3-17(21)19(18)22)20(26)24-9-11-25(12-10-24)30(27,28)16-7-5-15(13-23)6-8-16/h2-8,14H,9-12H2,1H3. The van der Waals surface area contributed by atoms with Crippen LogP contribution in [0, 0.1) is 11.3 Å². The summed E-state index contributed by atoms with van der Waals surface area (Å²) in [6, 6.07) is 12.6. The van der Waals surface area contributed by atoms with E-state index in [0.717, 1.165) is 0 Å². The second kappa shape index (κ2) is 9.23. The first-order chi connectivity index (χ1) is 14.2. The quantitative estimate of drug-likeness (QED) is 0.673. The summed E-state index contributed by atoms with van der Waals surface area (Å²) < 4.78 is 32.6. The van der Waals surface area contributed by atoms with E-state index in [9.17, 15) is 13.2 Å². The molecule has 0 radical (unpaired) electrons. The van der Waals surface area contributed by atoms with E-state index in [4.69, 9.17) is 33.2 Å². The van der Waals surface area contributed by atoms with Crippen molar-refractivity contribution in [2.75, 3.05) is 26.2 Å². The van der Waals surface area contributed by atoms with Gasteiger partial charge in [0.1, 0.15) is 10.8 Å². The van der Waals surface area contributed by atoms with E-state index in [2.05, 4.69) is 0 Å². The zero-order chi connectivity index (χ0) is 21.9. The Balaban J connectivity index is 1.62. The molecule has 1 amide bonds. The summed E-state index contributed by atoms with van der Waals surface area (Å²) in [6.45, 7) is 2.42. The third kappa shape index (κ3) is 4.71. The maximum atomic E-state index is 12.8. The highest BCUT2D eigenvalue weighted by molar-refractivity contribution is 7.89. The van der Waals surface area contributed by atoms with Gasteiger partial charge in [-0.1, -0.05) is 29.3 Å². The molecule has 1 unspecified atom stereocenters. The van der Waals surface area contributed by atoms with Gasteiger partial charge < -0.3 is 9.64 Å². The van der Waals surface area contributed by atoms with Crippen LogP contribution in [-0.2, 0) is 14.8 Å². The number of sulfonamides is 1. The molecule has 1 saturated heterocycles. The van der Waals surface area contributed by atoms with Crippen molar-refractivity contribution in [1.29, 1.82) is 5.26 Å². The molecule has 1 fully saturated rings. The molecule has 0 saturated carbocycles. The number of ether oxygens (including phenoxy) is 1. The second-order valence-electron chi connectivity index (χ2n) is 6.68. The molecule has 158 valence electrons. The molecule has 0 spiro atoms. The van der Waals surface area contributed by atoms with Gasteiger partial charge in [0.15, 0.2) is 6.10 Å². The normalized spacial score (nSPS) is 16.0. The van der Waals surface area contributed by atoms with E-state index in [1.54, 1.807) is 30.0 Å². The van der Waals surface area contributed by atoms with Crippen molar-refractivity contribution in [3.05, 3.63) is 58.1 Å². The van der Waals surface area contributed by atoms with Crippen molar-refractivity contribution in [1.82, 2.24) is 9.21 Å². The van der Waals surface area contributed by atoms with E-state index >= 15 is 0 Å². The molecular formula is C20H19Cl2N3O4S. The molecule has 1 atom stereocenters. The third-order valence-electron chi connectivity index (χ3n) is 4.74. The number of hydrogen-bond donors (Lipinski definition) is 0. The van der Waals surface area contributed by atoms with E-state index in [-0.39, 0.29) is 42.0 Å². The number of piperazine rings is 1. The molecule has 0 N–H and O–H groups in total. The number of carbonyl (C=O) groups excluding carboxylic acids is 1. The minimum Gasteiger partial charge on any atom is -0.479 e. The maximum Gasteiger partial charge on any atom is 0.263 e. The number of nitriles is 1.